The number of carbonyl (C=O) groups is 1. The van der Waals surface area contributed by atoms with Crippen LogP contribution in [0.25, 0.3) is 9.88 Å². The van der Waals surface area contributed by atoms with Gasteiger partial charge in [-0.3, -0.25) is 4.79 Å². The van der Waals surface area contributed by atoms with Crippen molar-refractivity contribution in [1.82, 2.24) is 9.88 Å². The highest BCUT2D eigenvalue weighted by molar-refractivity contribution is 9.10. The monoisotopic (exact) mass is 358 g/mol. The zero-order chi connectivity index (χ0) is 13.8. The van der Waals surface area contributed by atoms with Crippen molar-refractivity contribution in [2.24, 2.45) is 0 Å². The van der Waals surface area contributed by atoms with E-state index in [9.17, 15) is 4.79 Å². The summed E-state index contributed by atoms with van der Waals surface area (Å²) in [5, 5.41) is 4.77. The van der Waals surface area contributed by atoms with Crippen LogP contribution in [-0.4, -0.2) is 29.4 Å². The van der Waals surface area contributed by atoms with Crippen molar-refractivity contribution in [1.29, 1.82) is 0 Å². The number of nitrogens with zero attached hydrogens (tertiary/aromatic N) is 2. The minimum Gasteiger partial charge on any atom is -0.340 e. The fraction of sp³-hybridized carbons (Fsp3) is 0.385. The number of rotatable bonds is 5. The molecule has 2 heterocycles. The van der Waals surface area contributed by atoms with Gasteiger partial charge in [0.2, 0.25) is 0 Å². The van der Waals surface area contributed by atoms with E-state index < -0.39 is 0 Å². The lowest BCUT2D eigenvalue weighted by molar-refractivity contribution is 0.0788. The molecule has 0 N–H and O–H groups in total. The van der Waals surface area contributed by atoms with Gasteiger partial charge in [0, 0.05) is 28.8 Å². The summed E-state index contributed by atoms with van der Waals surface area (Å²) >= 11 is 6.57. The van der Waals surface area contributed by atoms with Crippen molar-refractivity contribution < 1.29 is 4.79 Å². The van der Waals surface area contributed by atoms with E-state index in [0.29, 0.717) is 5.69 Å². The average molecular weight is 359 g/mol. The molecule has 102 valence electrons. The highest BCUT2D eigenvalue weighted by atomic mass is 79.9. The zero-order valence-electron chi connectivity index (χ0n) is 10.9. The minimum atomic E-state index is 0.00609. The third kappa shape index (κ3) is 3.64. The van der Waals surface area contributed by atoms with Gasteiger partial charge in [0.1, 0.15) is 10.7 Å². The Morgan fingerprint density at radius 2 is 2.21 bits per heavy atom. The second-order valence-corrected chi connectivity index (χ2v) is 6.93. The van der Waals surface area contributed by atoms with Crippen molar-refractivity contribution >= 4 is 44.5 Å². The van der Waals surface area contributed by atoms with Gasteiger partial charge < -0.3 is 4.90 Å². The molecule has 2 aromatic rings. The first-order valence-corrected chi connectivity index (χ1v) is 8.62. The zero-order valence-corrected chi connectivity index (χ0v) is 14.1. The van der Waals surface area contributed by atoms with Gasteiger partial charge in [-0.1, -0.05) is 13.3 Å². The summed E-state index contributed by atoms with van der Waals surface area (Å²) in [6.07, 6.45) is 2.11. The van der Waals surface area contributed by atoms with Crippen LogP contribution >= 0.6 is 38.6 Å². The standard InChI is InChI=1S/C13H15BrN2OS2/c1-3-4-5-16(2)13(17)10-8-19-12(15-10)11-6-9(14)7-18-11/h6-8H,3-5H2,1-2H3. The number of hydrogen-bond acceptors (Lipinski definition) is 4. The fourth-order valence-electron chi connectivity index (χ4n) is 1.60. The van der Waals surface area contributed by atoms with Gasteiger partial charge in [-0.25, -0.2) is 4.98 Å². The molecule has 0 saturated carbocycles. The van der Waals surface area contributed by atoms with E-state index in [1.807, 2.05) is 23.9 Å². The highest BCUT2D eigenvalue weighted by Crippen LogP contribution is 2.32. The summed E-state index contributed by atoms with van der Waals surface area (Å²) < 4.78 is 1.05. The number of unbranched alkanes of at least 4 members (excludes halogenated alkanes) is 1. The first-order valence-electron chi connectivity index (χ1n) is 6.07. The molecule has 2 rings (SSSR count). The van der Waals surface area contributed by atoms with Crippen LogP contribution < -0.4 is 0 Å². The van der Waals surface area contributed by atoms with E-state index in [1.54, 1.807) is 16.2 Å². The summed E-state index contributed by atoms with van der Waals surface area (Å²) in [5.74, 6) is 0.00609. The van der Waals surface area contributed by atoms with Crippen LogP contribution in [0.1, 0.15) is 30.3 Å². The van der Waals surface area contributed by atoms with Crippen molar-refractivity contribution in [3.63, 3.8) is 0 Å². The number of aromatic nitrogens is 1. The van der Waals surface area contributed by atoms with Gasteiger partial charge in [-0.15, -0.1) is 22.7 Å². The van der Waals surface area contributed by atoms with E-state index in [0.717, 1.165) is 33.7 Å². The van der Waals surface area contributed by atoms with Gasteiger partial charge in [0.05, 0.1) is 4.88 Å². The molecule has 0 saturated heterocycles. The molecule has 0 bridgehead atoms. The van der Waals surface area contributed by atoms with Gasteiger partial charge in [-0.2, -0.15) is 0 Å². The highest BCUT2D eigenvalue weighted by Gasteiger charge is 2.16. The lowest BCUT2D eigenvalue weighted by Crippen LogP contribution is -2.27. The van der Waals surface area contributed by atoms with Crippen LogP contribution in [0, 0.1) is 0 Å². The minimum absolute atomic E-state index is 0.00609. The van der Waals surface area contributed by atoms with Crippen molar-refractivity contribution in [2.75, 3.05) is 13.6 Å². The second kappa shape index (κ2) is 6.63. The molecule has 19 heavy (non-hydrogen) atoms. The molecule has 0 aliphatic heterocycles. The van der Waals surface area contributed by atoms with Crippen LogP contribution in [0.4, 0.5) is 0 Å². The van der Waals surface area contributed by atoms with Gasteiger partial charge in [0.25, 0.3) is 5.91 Å². The Kier molecular flexibility index (Phi) is 5.13. The van der Waals surface area contributed by atoms with Gasteiger partial charge in [0.15, 0.2) is 0 Å². The Hall–Kier alpha value is -0.720. The number of carbonyl (C=O) groups excluding carboxylic acids is 1. The van der Waals surface area contributed by atoms with Crippen molar-refractivity contribution in [3.05, 3.63) is 27.0 Å². The summed E-state index contributed by atoms with van der Waals surface area (Å²) in [6, 6.07) is 2.03. The largest absolute Gasteiger partial charge is 0.340 e. The Morgan fingerprint density at radius 1 is 1.42 bits per heavy atom. The Bertz CT molecular complexity index is 564. The Labute approximate surface area is 129 Å². The average Bonchev–Trinajstić information content (AvgIpc) is 3.03. The number of amides is 1. The third-order valence-corrected chi connectivity index (χ3v) is 5.40. The van der Waals surface area contributed by atoms with Crippen LogP contribution in [0.3, 0.4) is 0 Å². The number of hydrogen-bond donors (Lipinski definition) is 0. The molecule has 0 aromatic carbocycles. The first-order chi connectivity index (χ1) is 9.11. The van der Waals surface area contributed by atoms with Crippen LogP contribution in [0.15, 0.2) is 21.3 Å². The first kappa shape index (κ1) is 14.7. The molecule has 6 heteroatoms. The maximum absolute atomic E-state index is 12.2. The normalized spacial score (nSPS) is 10.7. The number of thiazole rings is 1. The quantitative estimate of drug-likeness (QED) is 0.787. The van der Waals surface area contributed by atoms with Crippen molar-refractivity contribution in [2.45, 2.75) is 19.8 Å². The van der Waals surface area contributed by atoms with E-state index in [4.69, 9.17) is 0 Å². The van der Waals surface area contributed by atoms with E-state index in [1.165, 1.54) is 11.3 Å². The van der Waals surface area contributed by atoms with Crippen molar-refractivity contribution in [3.8, 4) is 9.88 Å². The lowest BCUT2D eigenvalue weighted by Gasteiger charge is -2.14. The third-order valence-electron chi connectivity index (χ3n) is 2.70. The summed E-state index contributed by atoms with van der Waals surface area (Å²) in [4.78, 5) is 19.4. The molecule has 1 amide bonds. The van der Waals surface area contributed by atoms with Crippen LogP contribution in [0.2, 0.25) is 0 Å². The van der Waals surface area contributed by atoms with Crippen LogP contribution in [-0.2, 0) is 0 Å². The molecule has 0 unspecified atom stereocenters. The Morgan fingerprint density at radius 3 is 2.84 bits per heavy atom. The predicted molar refractivity (Wildman–Crippen MR) is 85.0 cm³/mol. The molecular weight excluding hydrogens is 344 g/mol. The molecule has 0 radical (unpaired) electrons. The smallest absolute Gasteiger partial charge is 0.273 e. The summed E-state index contributed by atoms with van der Waals surface area (Å²) in [7, 11) is 1.83. The Balaban J connectivity index is 2.10. The SMILES string of the molecule is CCCCN(C)C(=O)c1csc(-c2cc(Br)cs2)n1. The molecule has 3 nitrogen and oxygen atoms in total. The lowest BCUT2D eigenvalue weighted by atomic mass is 10.3. The molecule has 0 atom stereocenters. The maximum atomic E-state index is 12.2. The summed E-state index contributed by atoms with van der Waals surface area (Å²) in [6.45, 7) is 2.90. The molecule has 0 aliphatic carbocycles. The molecule has 0 aliphatic rings. The molecule has 0 spiro atoms. The molecule has 2 aromatic heterocycles. The second-order valence-electron chi connectivity index (χ2n) is 4.25. The van der Waals surface area contributed by atoms with E-state index in [2.05, 4.69) is 27.8 Å². The van der Waals surface area contributed by atoms with E-state index in [-0.39, 0.29) is 5.91 Å². The van der Waals surface area contributed by atoms with Gasteiger partial charge >= 0.3 is 0 Å². The van der Waals surface area contributed by atoms with Gasteiger partial charge in [-0.05, 0) is 28.4 Å². The predicted octanol–water partition coefficient (Wildman–Crippen LogP) is 4.51. The number of thiophene rings is 1. The topological polar surface area (TPSA) is 33.2 Å². The molecular formula is C13H15BrN2OS2. The van der Waals surface area contributed by atoms with Crippen LogP contribution in [0.5, 0.6) is 0 Å². The number of halogens is 1. The summed E-state index contributed by atoms with van der Waals surface area (Å²) in [5.41, 5.74) is 0.545. The molecule has 0 fully saturated rings. The fourth-order valence-corrected chi connectivity index (χ4v) is 3.90. The van der Waals surface area contributed by atoms with E-state index >= 15 is 0 Å². The maximum Gasteiger partial charge on any atom is 0.273 e.